The van der Waals surface area contributed by atoms with Crippen molar-refractivity contribution in [3.63, 3.8) is 0 Å². The van der Waals surface area contributed by atoms with E-state index in [4.69, 9.17) is 10.5 Å². The maximum absolute atomic E-state index is 12.6. The number of ether oxygens (including phenoxy) is 1. The first kappa shape index (κ1) is 22.5. The number of carbonyl (C=O) groups is 1. The van der Waals surface area contributed by atoms with Crippen molar-refractivity contribution in [2.75, 3.05) is 42.4 Å². The summed E-state index contributed by atoms with van der Waals surface area (Å²) in [5, 5.41) is 0. The molecule has 0 spiro atoms. The summed E-state index contributed by atoms with van der Waals surface area (Å²) in [6.07, 6.45) is 5.81. The number of hydrogen-bond donors (Lipinski definition) is 2. The highest BCUT2D eigenvalue weighted by atomic mass is 32.2. The van der Waals surface area contributed by atoms with Gasteiger partial charge in [-0.15, -0.1) is 4.40 Å². The summed E-state index contributed by atoms with van der Waals surface area (Å²) in [5.74, 6) is 1.59. The number of amides is 1. The highest BCUT2D eigenvalue weighted by Gasteiger charge is 2.26. The molecule has 1 aromatic carbocycles. The van der Waals surface area contributed by atoms with Crippen molar-refractivity contribution >= 4 is 33.5 Å². The lowest BCUT2D eigenvalue weighted by Gasteiger charge is -2.33. The van der Waals surface area contributed by atoms with Gasteiger partial charge in [-0.3, -0.25) is 9.52 Å². The van der Waals surface area contributed by atoms with Crippen LogP contribution in [0.15, 0.2) is 40.9 Å². The van der Waals surface area contributed by atoms with Gasteiger partial charge in [0.15, 0.2) is 5.84 Å². The van der Waals surface area contributed by atoms with E-state index in [-0.39, 0.29) is 17.7 Å². The monoisotopic (exact) mass is 484 g/mol. The van der Waals surface area contributed by atoms with Crippen molar-refractivity contribution < 1.29 is 17.9 Å². The van der Waals surface area contributed by atoms with E-state index in [2.05, 4.69) is 19.0 Å². The van der Waals surface area contributed by atoms with Crippen molar-refractivity contribution in [1.29, 1.82) is 0 Å². The van der Waals surface area contributed by atoms with Crippen LogP contribution < -0.4 is 20.1 Å². The number of hydrogen-bond acceptors (Lipinski definition) is 7. The number of aromatic nitrogens is 1. The SMILES string of the molecule is NC1=NS(=O)(=O)Nc2cccc(OC[C@H]3CCCN(c4ccc(C(=O)N5CCCC5)cn4)C3)c21. The Hall–Kier alpha value is -3.34. The summed E-state index contributed by atoms with van der Waals surface area (Å²) >= 11 is 0. The fourth-order valence-corrected chi connectivity index (χ4v) is 5.60. The van der Waals surface area contributed by atoms with Crippen LogP contribution in [-0.4, -0.2) is 62.8 Å². The third-order valence-electron chi connectivity index (χ3n) is 6.45. The molecule has 0 saturated carbocycles. The number of pyridine rings is 1. The zero-order chi connectivity index (χ0) is 23.7. The van der Waals surface area contributed by atoms with E-state index in [1.807, 2.05) is 17.0 Å². The largest absolute Gasteiger partial charge is 0.492 e. The zero-order valence-electron chi connectivity index (χ0n) is 18.8. The van der Waals surface area contributed by atoms with Gasteiger partial charge in [0, 0.05) is 38.3 Å². The minimum atomic E-state index is -3.83. The Morgan fingerprint density at radius 3 is 2.74 bits per heavy atom. The third-order valence-corrected chi connectivity index (χ3v) is 7.36. The Bertz CT molecular complexity index is 1210. The smallest absolute Gasteiger partial charge is 0.344 e. The molecule has 0 radical (unpaired) electrons. The molecule has 5 rings (SSSR count). The van der Waals surface area contributed by atoms with Crippen molar-refractivity contribution in [1.82, 2.24) is 9.88 Å². The number of rotatable bonds is 5. The lowest BCUT2D eigenvalue weighted by Crippen LogP contribution is -2.38. The van der Waals surface area contributed by atoms with Crippen molar-refractivity contribution in [2.24, 2.45) is 16.0 Å². The number of nitrogens with two attached hydrogens (primary N) is 1. The van der Waals surface area contributed by atoms with Gasteiger partial charge in [0.25, 0.3) is 5.91 Å². The van der Waals surface area contributed by atoms with Crippen LogP contribution in [0.25, 0.3) is 0 Å². The number of piperidine rings is 1. The molecule has 0 aliphatic carbocycles. The van der Waals surface area contributed by atoms with Gasteiger partial charge in [-0.05, 0) is 49.9 Å². The molecule has 4 heterocycles. The predicted molar refractivity (Wildman–Crippen MR) is 130 cm³/mol. The fraction of sp³-hybridized carbons (Fsp3) is 0.435. The zero-order valence-corrected chi connectivity index (χ0v) is 19.6. The predicted octanol–water partition coefficient (Wildman–Crippen LogP) is 1.99. The number of nitrogens with zero attached hydrogens (tertiary/aromatic N) is 4. The summed E-state index contributed by atoms with van der Waals surface area (Å²) in [5.41, 5.74) is 7.37. The topological polar surface area (TPSA) is 130 Å². The first-order chi connectivity index (χ1) is 16.4. The molecular formula is C23H28N6O4S. The van der Waals surface area contributed by atoms with Crippen LogP contribution in [0.4, 0.5) is 11.5 Å². The van der Waals surface area contributed by atoms with E-state index in [0.717, 1.165) is 57.7 Å². The second-order valence-corrected chi connectivity index (χ2v) is 10.2. The summed E-state index contributed by atoms with van der Waals surface area (Å²) in [6.45, 7) is 3.77. The van der Waals surface area contributed by atoms with E-state index < -0.39 is 10.2 Å². The molecule has 0 unspecified atom stereocenters. The first-order valence-corrected chi connectivity index (χ1v) is 13.0. The molecule has 1 aromatic heterocycles. The van der Waals surface area contributed by atoms with Crippen molar-refractivity contribution in [2.45, 2.75) is 25.7 Å². The fourth-order valence-electron chi connectivity index (χ4n) is 4.76. The summed E-state index contributed by atoms with van der Waals surface area (Å²) in [6, 6.07) is 8.90. The Labute approximate surface area is 199 Å². The van der Waals surface area contributed by atoms with Crippen LogP contribution in [0.2, 0.25) is 0 Å². The average Bonchev–Trinajstić information content (AvgIpc) is 3.36. The van der Waals surface area contributed by atoms with Gasteiger partial charge in [-0.2, -0.15) is 8.42 Å². The van der Waals surface area contributed by atoms with Crippen LogP contribution >= 0.6 is 0 Å². The molecule has 11 heteroatoms. The summed E-state index contributed by atoms with van der Waals surface area (Å²) < 4.78 is 35.6. The molecule has 2 fully saturated rings. The highest BCUT2D eigenvalue weighted by molar-refractivity contribution is 7.91. The molecule has 0 bridgehead atoms. The molecular weight excluding hydrogens is 456 g/mol. The maximum atomic E-state index is 12.6. The molecule has 1 atom stereocenters. The van der Waals surface area contributed by atoms with Crippen LogP contribution in [-0.2, 0) is 10.2 Å². The number of anilines is 2. The highest BCUT2D eigenvalue weighted by Crippen LogP contribution is 2.31. The second-order valence-electron chi connectivity index (χ2n) is 8.90. The van der Waals surface area contributed by atoms with Gasteiger partial charge < -0.3 is 20.3 Å². The number of carbonyl (C=O) groups excluding carboxylic acids is 1. The molecule has 3 aliphatic heterocycles. The van der Waals surface area contributed by atoms with E-state index in [9.17, 15) is 13.2 Å². The van der Waals surface area contributed by atoms with Crippen LogP contribution in [0.3, 0.4) is 0 Å². The molecule has 180 valence electrons. The van der Waals surface area contributed by atoms with Crippen molar-refractivity contribution in [3.05, 3.63) is 47.7 Å². The Kier molecular flexibility index (Phi) is 6.03. The first-order valence-electron chi connectivity index (χ1n) is 11.5. The van der Waals surface area contributed by atoms with Gasteiger partial charge >= 0.3 is 10.2 Å². The van der Waals surface area contributed by atoms with Gasteiger partial charge in [-0.25, -0.2) is 4.98 Å². The minimum absolute atomic E-state index is 0.0535. The van der Waals surface area contributed by atoms with Crippen LogP contribution in [0.5, 0.6) is 5.75 Å². The van der Waals surface area contributed by atoms with Gasteiger partial charge in [0.1, 0.15) is 11.6 Å². The molecule has 2 saturated heterocycles. The third kappa shape index (κ3) is 4.65. The van der Waals surface area contributed by atoms with Gasteiger partial charge in [0.05, 0.1) is 23.4 Å². The lowest BCUT2D eigenvalue weighted by molar-refractivity contribution is 0.0792. The molecule has 2 aromatic rings. The van der Waals surface area contributed by atoms with E-state index >= 15 is 0 Å². The second kappa shape index (κ2) is 9.13. The number of likely N-dealkylation sites (tertiary alicyclic amines) is 1. The average molecular weight is 485 g/mol. The van der Waals surface area contributed by atoms with Gasteiger partial charge in [0.2, 0.25) is 0 Å². The van der Waals surface area contributed by atoms with Crippen LogP contribution in [0.1, 0.15) is 41.6 Å². The molecule has 34 heavy (non-hydrogen) atoms. The van der Waals surface area contributed by atoms with Crippen molar-refractivity contribution in [3.8, 4) is 5.75 Å². The Balaban J connectivity index is 1.23. The number of amidine groups is 1. The molecule has 3 aliphatic rings. The number of nitrogens with one attached hydrogen (secondary N) is 1. The standard InChI is InChI=1S/C23H28N6O4S/c24-22-21-18(26-34(31,32)27-22)6-3-7-19(21)33-15-16-5-4-12-29(14-16)20-9-8-17(13-25-20)23(30)28-10-1-2-11-28/h3,6-9,13,16,26H,1-2,4-5,10-12,14-15H2,(H2,24,27)/t16-/m0/s1. The van der Waals surface area contributed by atoms with Crippen LogP contribution in [0, 0.1) is 5.92 Å². The van der Waals surface area contributed by atoms with E-state index in [0.29, 0.717) is 29.2 Å². The number of fused-ring (bicyclic) bond motifs is 1. The van der Waals surface area contributed by atoms with E-state index in [1.165, 1.54) is 0 Å². The minimum Gasteiger partial charge on any atom is -0.492 e. The van der Waals surface area contributed by atoms with Gasteiger partial charge in [-0.1, -0.05) is 6.07 Å². The summed E-state index contributed by atoms with van der Waals surface area (Å²) in [7, 11) is -3.83. The molecule has 3 N–H and O–H groups in total. The van der Waals surface area contributed by atoms with E-state index in [1.54, 1.807) is 24.4 Å². The maximum Gasteiger partial charge on any atom is 0.344 e. The number of benzene rings is 1. The quantitative estimate of drug-likeness (QED) is 0.664. The lowest BCUT2D eigenvalue weighted by atomic mass is 9.99. The summed E-state index contributed by atoms with van der Waals surface area (Å²) in [4.78, 5) is 21.2. The molecule has 10 nitrogen and oxygen atoms in total. The normalized spacial score (nSPS) is 21.4. The molecule has 1 amide bonds. The Morgan fingerprint density at radius 2 is 1.97 bits per heavy atom. The Morgan fingerprint density at radius 1 is 1.15 bits per heavy atom.